The van der Waals surface area contributed by atoms with Gasteiger partial charge in [-0.3, -0.25) is 4.98 Å². The normalized spacial score (nSPS) is 10.5. The fraction of sp³-hybridized carbons (Fsp3) is 0.0833. The standard InChI is InChI=1S/C24H20N2O3S/c27-22-10-9-20(23-4-2-12-30-23)13-21(22)19-7-5-17(6-8-19)15-26-24(28)29-16-18-3-1-11-25-14-18/h1-14,27H,15-16H2,(H,26,28). The minimum absolute atomic E-state index is 0.179. The van der Waals surface area contributed by atoms with Crippen LogP contribution >= 0.6 is 11.3 Å². The Labute approximate surface area is 178 Å². The molecule has 0 aliphatic rings. The number of alkyl carbamates (subject to hydrolysis) is 1. The summed E-state index contributed by atoms with van der Waals surface area (Å²) in [7, 11) is 0. The number of carbonyl (C=O) groups is 1. The molecule has 4 aromatic rings. The molecular formula is C24H20N2O3S. The second-order valence-corrected chi connectivity index (χ2v) is 7.64. The van der Waals surface area contributed by atoms with E-state index >= 15 is 0 Å². The molecule has 0 radical (unpaired) electrons. The van der Waals surface area contributed by atoms with E-state index in [1.807, 2.05) is 53.9 Å². The van der Waals surface area contributed by atoms with E-state index in [-0.39, 0.29) is 12.4 Å². The number of hydrogen-bond donors (Lipinski definition) is 2. The van der Waals surface area contributed by atoms with Crippen LogP contribution < -0.4 is 5.32 Å². The van der Waals surface area contributed by atoms with Crippen molar-refractivity contribution < 1.29 is 14.6 Å². The number of benzene rings is 2. The van der Waals surface area contributed by atoms with Crippen LogP contribution in [0.1, 0.15) is 11.1 Å². The van der Waals surface area contributed by atoms with Crippen LogP contribution in [0.25, 0.3) is 21.6 Å². The minimum atomic E-state index is -0.482. The van der Waals surface area contributed by atoms with E-state index in [1.54, 1.807) is 35.9 Å². The first-order chi connectivity index (χ1) is 14.7. The first-order valence-electron chi connectivity index (χ1n) is 9.45. The maximum Gasteiger partial charge on any atom is 0.407 e. The molecule has 30 heavy (non-hydrogen) atoms. The highest BCUT2D eigenvalue weighted by molar-refractivity contribution is 7.13. The Morgan fingerprint density at radius 1 is 1.00 bits per heavy atom. The predicted molar refractivity (Wildman–Crippen MR) is 118 cm³/mol. The smallest absolute Gasteiger partial charge is 0.407 e. The lowest BCUT2D eigenvalue weighted by Gasteiger charge is -2.10. The summed E-state index contributed by atoms with van der Waals surface area (Å²) in [5.74, 6) is 0.236. The van der Waals surface area contributed by atoms with Crippen LogP contribution in [-0.4, -0.2) is 16.2 Å². The maximum absolute atomic E-state index is 11.9. The summed E-state index contributed by atoms with van der Waals surface area (Å²) in [5, 5.41) is 15.1. The minimum Gasteiger partial charge on any atom is -0.507 e. The number of amides is 1. The Morgan fingerprint density at radius 2 is 1.83 bits per heavy atom. The Kier molecular flexibility index (Phi) is 6.06. The van der Waals surface area contributed by atoms with Crippen molar-refractivity contribution in [3.8, 4) is 27.3 Å². The summed E-state index contributed by atoms with van der Waals surface area (Å²) in [6.45, 7) is 0.534. The van der Waals surface area contributed by atoms with Gasteiger partial charge in [-0.25, -0.2) is 4.79 Å². The van der Waals surface area contributed by atoms with Crippen molar-refractivity contribution in [3.05, 3.63) is 95.6 Å². The average Bonchev–Trinajstić information content (AvgIpc) is 3.33. The third kappa shape index (κ3) is 4.85. The predicted octanol–water partition coefficient (Wildman–Crippen LogP) is 5.61. The molecule has 0 atom stereocenters. The second-order valence-electron chi connectivity index (χ2n) is 6.70. The fourth-order valence-electron chi connectivity index (χ4n) is 3.02. The second kappa shape index (κ2) is 9.24. The number of aromatic nitrogens is 1. The topological polar surface area (TPSA) is 71.5 Å². The molecule has 4 rings (SSSR count). The third-order valence-electron chi connectivity index (χ3n) is 4.60. The molecule has 2 heterocycles. The molecule has 0 unspecified atom stereocenters. The summed E-state index contributed by atoms with van der Waals surface area (Å²) in [6, 6.07) is 21.1. The van der Waals surface area contributed by atoms with Gasteiger partial charge in [-0.1, -0.05) is 36.4 Å². The van der Waals surface area contributed by atoms with Gasteiger partial charge in [0.05, 0.1) is 0 Å². The molecule has 2 N–H and O–H groups in total. The highest BCUT2D eigenvalue weighted by Gasteiger charge is 2.09. The zero-order valence-corrected chi connectivity index (χ0v) is 16.9. The highest BCUT2D eigenvalue weighted by atomic mass is 32.1. The van der Waals surface area contributed by atoms with Gasteiger partial charge in [-0.05, 0) is 52.4 Å². The quantitative estimate of drug-likeness (QED) is 0.429. The molecule has 0 saturated carbocycles. The van der Waals surface area contributed by atoms with Crippen LogP contribution in [0.5, 0.6) is 5.75 Å². The van der Waals surface area contributed by atoms with Crippen molar-refractivity contribution in [1.29, 1.82) is 0 Å². The maximum atomic E-state index is 11.9. The van der Waals surface area contributed by atoms with E-state index in [0.717, 1.165) is 32.7 Å². The zero-order valence-electron chi connectivity index (χ0n) is 16.1. The number of phenols is 1. The van der Waals surface area contributed by atoms with Crippen LogP contribution in [0.15, 0.2) is 84.5 Å². The average molecular weight is 417 g/mol. The van der Waals surface area contributed by atoms with Crippen LogP contribution in [0.2, 0.25) is 0 Å². The van der Waals surface area contributed by atoms with E-state index < -0.39 is 6.09 Å². The Morgan fingerprint density at radius 3 is 2.57 bits per heavy atom. The first kappa shape index (κ1) is 19.7. The number of aromatic hydroxyl groups is 1. The number of nitrogens with zero attached hydrogens (tertiary/aromatic N) is 1. The summed E-state index contributed by atoms with van der Waals surface area (Å²) in [4.78, 5) is 17.0. The van der Waals surface area contributed by atoms with Gasteiger partial charge in [0, 0.05) is 34.9 Å². The summed E-state index contributed by atoms with van der Waals surface area (Å²) < 4.78 is 5.19. The molecule has 6 heteroatoms. The molecule has 1 amide bonds. The Balaban J connectivity index is 1.37. The van der Waals surface area contributed by atoms with E-state index in [4.69, 9.17) is 4.74 Å². The lowest BCUT2D eigenvalue weighted by molar-refractivity contribution is 0.139. The van der Waals surface area contributed by atoms with Crippen molar-refractivity contribution >= 4 is 17.4 Å². The number of rotatable bonds is 6. The molecule has 0 spiro atoms. The number of carbonyl (C=O) groups excluding carboxylic acids is 1. The zero-order chi connectivity index (χ0) is 20.8. The molecule has 0 bridgehead atoms. The largest absolute Gasteiger partial charge is 0.507 e. The van der Waals surface area contributed by atoms with Crippen LogP contribution in [0, 0.1) is 0 Å². The van der Waals surface area contributed by atoms with Gasteiger partial charge in [0.1, 0.15) is 12.4 Å². The molecule has 2 aromatic carbocycles. The number of hydrogen-bond acceptors (Lipinski definition) is 5. The molecular weight excluding hydrogens is 396 g/mol. The molecule has 150 valence electrons. The van der Waals surface area contributed by atoms with Crippen molar-refractivity contribution in [2.24, 2.45) is 0 Å². The summed E-state index contributed by atoms with van der Waals surface area (Å²) >= 11 is 1.66. The lowest BCUT2D eigenvalue weighted by atomic mass is 10.00. The van der Waals surface area contributed by atoms with Crippen molar-refractivity contribution in [2.75, 3.05) is 0 Å². The molecule has 5 nitrogen and oxygen atoms in total. The van der Waals surface area contributed by atoms with Gasteiger partial charge in [0.15, 0.2) is 0 Å². The number of nitrogens with one attached hydrogen (secondary N) is 1. The monoisotopic (exact) mass is 416 g/mol. The SMILES string of the molecule is O=C(NCc1ccc(-c2cc(-c3cccs3)ccc2O)cc1)OCc1cccnc1. The van der Waals surface area contributed by atoms with E-state index in [0.29, 0.717) is 6.54 Å². The molecule has 0 fully saturated rings. The van der Waals surface area contributed by atoms with Gasteiger partial charge >= 0.3 is 6.09 Å². The summed E-state index contributed by atoms with van der Waals surface area (Å²) in [5.41, 5.74) is 4.53. The van der Waals surface area contributed by atoms with Gasteiger partial charge in [-0.15, -0.1) is 11.3 Å². The van der Waals surface area contributed by atoms with Crippen LogP contribution in [0.4, 0.5) is 4.79 Å². The number of thiophene rings is 1. The van der Waals surface area contributed by atoms with Crippen molar-refractivity contribution in [1.82, 2.24) is 10.3 Å². The molecule has 0 aliphatic heterocycles. The van der Waals surface area contributed by atoms with E-state index in [2.05, 4.69) is 16.4 Å². The Bertz CT molecular complexity index is 1110. The third-order valence-corrected chi connectivity index (χ3v) is 5.52. The molecule has 0 aliphatic carbocycles. The van der Waals surface area contributed by atoms with Crippen LogP contribution in [0.3, 0.4) is 0 Å². The number of pyridine rings is 1. The highest BCUT2D eigenvalue weighted by Crippen LogP contribution is 2.35. The lowest BCUT2D eigenvalue weighted by Crippen LogP contribution is -2.23. The summed E-state index contributed by atoms with van der Waals surface area (Å²) in [6.07, 6.45) is 2.85. The van der Waals surface area contributed by atoms with Crippen molar-refractivity contribution in [2.45, 2.75) is 13.2 Å². The first-order valence-corrected chi connectivity index (χ1v) is 10.3. The van der Waals surface area contributed by atoms with Gasteiger partial charge in [-0.2, -0.15) is 0 Å². The number of ether oxygens (including phenoxy) is 1. The molecule has 2 aromatic heterocycles. The van der Waals surface area contributed by atoms with E-state index in [1.165, 1.54) is 0 Å². The number of phenolic OH excluding ortho intramolecular Hbond substituents is 1. The Hall–Kier alpha value is -3.64. The van der Waals surface area contributed by atoms with Gasteiger partial charge in [0.25, 0.3) is 0 Å². The van der Waals surface area contributed by atoms with E-state index in [9.17, 15) is 9.90 Å². The van der Waals surface area contributed by atoms with Gasteiger partial charge < -0.3 is 15.2 Å². The van der Waals surface area contributed by atoms with Gasteiger partial charge in [0.2, 0.25) is 0 Å². The van der Waals surface area contributed by atoms with Crippen LogP contribution in [-0.2, 0) is 17.9 Å². The molecule has 0 saturated heterocycles. The van der Waals surface area contributed by atoms with Crippen molar-refractivity contribution in [3.63, 3.8) is 0 Å². The fourth-order valence-corrected chi connectivity index (χ4v) is 3.75.